The number of amides is 3. The maximum Gasteiger partial charge on any atom is 0.410 e. The van der Waals surface area contributed by atoms with Crippen molar-refractivity contribution in [3.63, 3.8) is 0 Å². The molecule has 0 bridgehead atoms. The SMILES string of the molecule is C#CCOC(=O)N1CCC(c2nc(C(=O)NNC(=O)c3ccncc3)cs2)CC1. The minimum atomic E-state index is -0.495. The molecule has 3 rings (SSSR count). The average molecular weight is 413 g/mol. The molecular weight excluding hydrogens is 394 g/mol. The standard InChI is InChI=1S/C19H19N5O4S/c1-2-11-28-19(27)24-9-5-14(6-10-24)18-21-15(12-29-18)17(26)23-22-16(25)13-3-7-20-8-4-13/h1,3-4,7-8,12,14H,5-6,9-11H2,(H,22,25)(H,23,26). The fourth-order valence-electron chi connectivity index (χ4n) is 2.84. The van der Waals surface area contributed by atoms with Gasteiger partial charge in [-0.05, 0) is 25.0 Å². The van der Waals surface area contributed by atoms with Gasteiger partial charge < -0.3 is 9.64 Å². The number of pyridine rings is 1. The third kappa shape index (κ3) is 5.30. The topological polar surface area (TPSA) is 114 Å². The van der Waals surface area contributed by atoms with Crippen LogP contribution in [-0.4, -0.2) is 52.5 Å². The minimum absolute atomic E-state index is 0.0403. The predicted molar refractivity (Wildman–Crippen MR) is 105 cm³/mol. The Morgan fingerprint density at radius 2 is 1.90 bits per heavy atom. The van der Waals surface area contributed by atoms with Crippen molar-refractivity contribution >= 4 is 29.2 Å². The van der Waals surface area contributed by atoms with E-state index in [-0.39, 0.29) is 18.2 Å². The van der Waals surface area contributed by atoms with Gasteiger partial charge in [0.05, 0.1) is 5.01 Å². The Morgan fingerprint density at radius 1 is 1.21 bits per heavy atom. The van der Waals surface area contributed by atoms with Crippen LogP contribution in [-0.2, 0) is 4.74 Å². The van der Waals surface area contributed by atoms with E-state index >= 15 is 0 Å². The number of carbonyl (C=O) groups is 3. The monoisotopic (exact) mass is 413 g/mol. The number of ether oxygens (including phenoxy) is 1. The summed E-state index contributed by atoms with van der Waals surface area (Å²) in [7, 11) is 0. The Kier molecular flexibility index (Phi) is 6.76. The van der Waals surface area contributed by atoms with E-state index in [4.69, 9.17) is 11.2 Å². The van der Waals surface area contributed by atoms with Crippen LogP contribution in [0.3, 0.4) is 0 Å². The lowest BCUT2D eigenvalue weighted by Crippen LogP contribution is -2.41. The number of carbonyl (C=O) groups excluding carboxylic acids is 3. The maximum absolute atomic E-state index is 12.2. The zero-order chi connectivity index (χ0) is 20.6. The van der Waals surface area contributed by atoms with Crippen molar-refractivity contribution in [3.8, 4) is 12.3 Å². The molecule has 3 heterocycles. The lowest BCUT2D eigenvalue weighted by atomic mass is 9.98. The highest BCUT2D eigenvalue weighted by molar-refractivity contribution is 7.09. The van der Waals surface area contributed by atoms with Crippen LogP contribution >= 0.6 is 11.3 Å². The third-order valence-corrected chi connectivity index (χ3v) is 5.38. The summed E-state index contributed by atoms with van der Waals surface area (Å²) in [5.41, 5.74) is 5.32. The van der Waals surface area contributed by atoms with E-state index < -0.39 is 17.9 Å². The van der Waals surface area contributed by atoms with Crippen LogP contribution in [0.4, 0.5) is 4.79 Å². The van der Waals surface area contributed by atoms with Crippen molar-refractivity contribution in [1.29, 1.82) is 0 Å². The Labute approximate surface area is 171 Å². The number of terminal acetylenes is 1. The van der Waals surface area contributed by atoms with E-state index in [2.05, 4.69) is 26.7 Å². The van der Waals surface area contributed by atoms with Gasteiger partial charge in [0.25, 0.3) is 11.8 Å². The van der Waals surface area contributed by atoms with Gasteiger partial charge in [-0.15, -0.1) is 17.8 Å². The van der Waals surface area contributed by atoms with Crippen LogP contribution in [0.25, 0.3) is 0 Å². The van der Waals surface area contributed by atoms with E-state index in [0.29, 0.717) is 18.7 Å². The molecule has 3 amide bonds. The van der Waals surface area contributed by atoms with Crippen LogP contribution in [0.15, 0.2) is 29.9 Å². The van der Waals surface area contributed by atoms with Gasteiger partial charge in [-0.2, -0.15) is 0 Å². The number of piperidine rings is 1. The first-order valence-corrected chi connectivity index (χ1v) is 9.77. The van der Waals surface area contributed by atoms with Gasteiger partial charge in [0.15, 0.2) is 6.61 Å². The number of likely N-dealkylation sites (tertiary alicyclic amines) is 1. The number of nitrogens with zero attached hydrogens (tertiary/aromatic N) is 3. The number of rotatable bonds is 4. The summed E-state index contributed by atoms with van der Waals surface area (Å²) in [5.74, 6) is 1.48. The van der Waals surface area contributed by atoms with Crippen molar-refractivity contribution in [2.45, 2.75) is 18.8 Å². The zero-order valence-electron chi connectivity index (χ0n) is 15.5. The molecule has 1 fully saturated rings. The lowest BCUT2D eigenvalue weighted by Gasteiger charge is -2.30. The minimum Gasteiger partial charge on any atom is -0.436 e. The normalized spacial score (nSPS) is 14.0. The molecule has 2 aromatic rings. The van der Waals surface area contributed by atoms with Crippen molar-refractivity contribution < 1.29 is 19.1 Å². The molecule has 0 aliphatic carbocycles. The summed E-state index contributed by atoms with van der Waals surface area (Å²) < 4.78 is 4.93. The van der Waals surface area contributed by atoms with Crippen LogP contribution in [0.1, 0.15) is 44.6 Å². The second-order valence-electron chi connectivity index (χ2n) is 6.24. The van der Waals surface area contributed by atoms with Gasteiger partial charge in [0.1, 0.15) is 5.69 Å². The smallest absolute Gasteiger partial charge is 0.410 e. The summed E-state index contributed by atoms with van der Waals surface area (Å²) in [6.45, 7) is 1.04. The molecule has 1 aliphatic heterocycles. The highest BCUT2D eigenvalue weighted by atomic mass is 32.1. The third-order valence-electron chi connectivity index (χ3n) is 4.37. The number of hydrogen-bond acceptors (Lipinski definition) is 7. The maximum atomic E-state index is 12.2. The highest BCUT2D eigenvalue weighted by Gasteiger charge is 2.27. The number of hydrogen-bond donors (Lipinski definition) is 2. The van der Waals surface area contributed by atoms with Gasteiger partial charge >= 0.3 is 6.09 Å². The number of thiazole rings is 1. The lowest BCUT2D eigenvalue weighted by molar-refractivity contribution is 0.0844. The molecule has 0 radical (unpaired) electrons. The number of aromatic nitrogens is 2. The molecule has 29 heavy (non-hydrogen) atoms. The van der Waals surface area contributed by atoms with E-state index in [1.165, 1.54) is 35.9 Å². The summed E-state index contributed by atoms with van der Waals surface area (Å²) in [6, 6.07) is 3.08. The molecule has 2 aromatic heterocycles. The van der Waals surface area contributed by atoms with Gasteiger partial charge in [0.2, 0.25) is 0 Å². The van der Waals surface area contributed by atoms with Gasteiger partial charge in [-0.25, -0.2) is 9.78 Å². The van der Waals surface area contributed by atoms with E-state index in [0.717, 1.165) is 17.8 Å². The highest BCUT2D eigenvalue weighted by Crippen LogP contribution is 2.30. The molecule has 0 saturated carbocycles. The molecular formula is C19H19N5O4S. The first-order chi connectivity index (χ1) is 14.1. The molecule has 0 spiro atoms. The summed E-state index contributed by atoms with van der Waals surface area (Å²) >= 11 is 1.38. The Balaban J connectivity index is 1.49. The first-order valence-electron chi connectivity index (χ1n) is 8.89. The Hall–Kier alpha value is -3.45. The van der Waals surface area contributed by atoms with Crippen molar-refractivity contribution in [2.24, 2.45) is 0 Å². The summed E-state index contributed by atoms with van der Waals surface area (Å²) in [5, 5.41) is 2.48. The first kappa shape index (κ1) is 20.3. The van der Waals surface area contributed by atoms with Crippen molar-refractivity contribution in [3.05, 3.63) is 46.2 Å². The Morgan fingerprint density at radius 3 is 2.59 bits per heavy atom. The second kappa shape index (κ2) is 9.66. The molecule has 1 aliphatic rings. The van der Waals surface area contributed by atoms with E-state index in [1.54, 1.807) is 10.3 Å². The van der Waals surface area contributed by atoms with Crippen LogP contribution in [0.2, 0.25) is 0 Å². The molecule has 0 aromatic carbocycles. The fourth-order valence-corrected chi connectivity index (χ4v) is 3.81. The molecule has 2 N–H and O–H groups in total. The second-order valence-corrected chi connectivity index (χ2v) is 7.12. The fraction of sp³-hybridized carbons (Fsp3) is 0.316. The molecule has 0 atom stereocenters. The van der Waals surface area contributed by atoms with Gasteiger partial charge in [-0.3, -0.25) is 25.4 Å². The van der Waals surface area contributed by atoms with Crippen LogP contribution in [0.5, 0.6) is 0 Å². The molecule has 10 heteroatoms. The number of hydrazine groups is 1. The quantitative estimate of drug-likeness (QED) is 0.581. The molecule has 1 saturated heterocycles. The average Bonchev–Trinajstić information content (AvgIpc) is 3.26. The largest absolute Gasteiger partial charge is 0.436 e. The summed E-state index contributed by atoms with van der Waals surface area (Å²) in [6.07, 6.45) is 9.10. The molecule has 150 valence electrons. The van der Waals surface area contributed by atoms with Gasteiger partial charge in [-0.1, -0.05) is 5.92 Å². The van der Waals surface area contributed by atoms with Crippen molar-refractivity contribution in [2.75, 3.05) is 19.7 Å². The van der Waals surface area contributed by atoms with Crippen LogP contribution in [0, 0.1) is 12.3 Å². The summed E-state index contributed by atoms with van der Waals surface area (Å²) in [4.78, 5) is 45.9. The number of nitrogens with one attached hydrogen (secondary N) is 2. The predicted octanol–water partition coefficient (Wildman–Crippen LogP) is 1.56. The zero-order valence-corrected chi connectivity index (χ0v) is 16.3. The van der Waals surface area contributed by atoms with Crippen LogP contribution < -0.4 is 10.9 Å². The van der Waals surface area contributed by atoms with Gasteiger partial charge in [0, 0.05) is 42.3 Å². The molecule has 9 nitrogen and oxygen atoms in total. The van der Waals surface area contributed by atoms with E-state index in [1.807, 2.05) is 0 Å². The van der Waals surface area contributed by atoms with Crippen molar-refractivity contribution in [1.82, 2.24) is 25.7 Å². The molecule has 0 unspecified atom stereocenters. The Bertz CT molecular complexity index is 916. The van der Waals surface area contributed by atoms with E-state index in [9.17, 15) is 14.4 Å².